The minimum Gasteiger partial charge on any atom is -0.508 e. The van der Waals surface area contributed by atoms with Crippen molar-refractivity contribution in [3.05, 3.63) is 71.3 Å². The van der Waals surface area contributed by atoms with Gasteiger partial charge in [-0.1, -0.05) is 54.6 Å². The van der Waals surface area contributed by atoms with E-state index in [0.29, 0.717) is 6.42 Å². The molecule has 0 aromatic heterocycles. The number of phenolic OH excluding ortho intramolecular Hbond substituents is 1. The summed E-state index contributed by atoms with van der Waals surface area (Å²) < 4.78 is 25.3. The highest BCUT2D eigenvalue weighted by molar-refractivity contribution is 5.93. The zero-order valence-electron chi connectivity index (χ0n) is 30.6. The number of hydrogen-bond donors (Lipinski definition) is 3. The van der Waals surface area contributed by atoms with E-state index in [4.69, 9.17) is 23.8 Å². The molecule has 12 heteroatoms. The van der Waals surface area contributed by atoms with Crippen LogP contribution in [0.4, 0.5) is 0 Å². The van der Waals surface area contributed by atoms with Gasteiger partial charge in [-0.2, -0.15) is 5.06 Å². The summed E-state index contributed by atoms with van der Waals surface area (Å²) in [6.07, 6.45) is 6.14. The van der Waals surface area contributed by atoms with Crippen molar-refractivity contribution in [3.8, 4) is 5.75 Å². The minimum atomic E-state index is -1.39. The number of phenols is 1. The highest BCUT2D eigenvalue weighted by Crippen LogP contribution is 2.63. The zero-order valence-corrected chi connectivity index (χ0v) is 30.6. The summed E-state index contributed by atoms with van der Waals surface area (Å²) in [4.78, 5) is 48.0. The van der Waals surface area contributed by atoms with Crippen LogP contribution in [0, 0.1) is 17.3 Å². The van der Waals surface area contributed by atoms with Crippen molar-refractivity contribution < 1.29 is 48.4 Å². The molecule has 7 unspecified atom stereocenters. The Bertz CT molecular complexity index is 1740. The number of carbonyl (C=O) groups excluding carboxylic acids is 3. The number of aliphatic hydroxyl groups excluding tert-OH is 1. The largest absolute Gasteiger partial charge is 0.508 e. The first-order valence-electron chi connectivity index (χ1n) is 19.1. The molecule has 3 N–H and O–H groups in total. The van der Waals surface area contributed by atoms with Crippen LogP contribution in [0.1, 0.15) is 82.4 Å². The molecule has 0 radical (unpaired) electrons. The molecule has 2 bridgehead atoms. The lowest BCUT2D eigenvalue weighted by Gasteiger charge is -2.49. The number of nitrogens with one attached hydrogen (secondary N) is 1. The number of rotatable bonds is 13. The first-order valence-corrected chi connectivity index (χ1v) is 19.1. The van der Waals surface area contributed by atoms with E-state index < -0.39 is 77.8 Å². The van der Waals surface area contributed by atoms with E-state index >= 15 is 0 Å². The molecular formula is C41H50N2O10. The maximum atomic E-state index is 14.7. The van der Waals surface area contributed by atoms with Crippen LogP contribution in [0.2, 0.25) is 0 Å². The Labute approximate surface area is 309 Å². The Hall–Kier alpha value is -3.81. The van der Waals surface area contributed by atoms with E-state index in [9.17, 15) is 24.6 Å². The minimum absolute atomic E-state index is 0.00276. The summed E-state index contributed by atoms with van der Waals surface area (Å²) in [5, 5.41) is 25.0. The van der Waals surface area contributed by atoms with Crippen molar-refractivity contribution in [1.29, 1.82) is 0 Å². The second-order valence-electron chi connectivity index (χ2n) is 16.6. The first kappa shape index (κ1) is 36.2. The summed E-state index contributed by atoms with van der Waals surface area (Å²) in [5.74, 6) is -1.43. The number of nitrogens with zero attached hydrogens (tertiary/aromatic N) is 1. The number of esters is 2. The van der Waals surface area contributed by atoms with Gasteiger partial charge in [-0.15, -0.1) is 0 Å². The molecule has 53 heavy (non-hydrogen) atoms. The molecule has 8 rings (SSSR count). The lowest BCUT2D eigenvalue weighted by Crippen LogP contribution is -2.70. The van der Waals surface area contributed by atoms with Crippen LogP contribution in [0.5, 0.6) is 5.75 Å². The second-order valence-corrected chi connectivity index (χ2v) is 16.6. The van der Waals surface area contributed by atoms with Crippen LogP contribution in [0.25, 0.3) is 6.08 Å². The van der Waals surface area contributed by atoms with Gasteiger partial charge in [0, 0.05) is 24.7 Å². The van der Waals surface area contributed by atoms with Gasteiger partial charge in [-0.05, 0) is 82.1 Å². The number of aliphatic hydroxyl groups is 1. The number of amides is 1. The molecule has 12 nitrogen and oxygen atoms in total. The predicted octanol–water partition coefficient (Wildman–Crippen LogP) is 4.35. The van der Waals surface area contributed by atoms with Gasteiger partial charge in [-0.25, -0.2) is 0 Å². The molecule has 2 aromatic rings. The van der Waals surface area contributed by atoms with Crippen molar-refractivity contribution in [2.24, 2.45) is 17.3 Å². The molecule has 3 saturated heterocycles. The van der Waals surface area contributed by atoms with Gasteiger partial charge < -0.3 is 34.5 Å². The predicted molar refractivity (Wildman–Crippen MR) is 190 cm³/mol. The fourth-order valence-corrected chi connectivity index (χ4v) is 8.80. The summed E-state index contributed by atoms with van der Waals surface area (Å²) >= 11 is 0. The second kappa shape index (κ2) is 13.8. The lowest BCUT2D eigenvalue weighted by atomic mass is 9.62. The average Bonchev–Trinajstić information content (AvgIpc) is 4.06. The summed E-state index contributed by atoms with van der Waals surface area (Å²) in [6.45, 7) is 5.16. The number of aromatic hydroxyl groups is 1. The normalized spacial score (nSPS) is 30.9. The molecule has 6 aliphatic rings. The lowest BCUT2D eigenvalue weighted by molar-refractivity contribution is -0.235. The topological polar surface area (TPSA) is 153 Å². The van der Waals surface area contributed by atoms with Gasteiger partial charge in [0.05, 0.1) is 19.2 Å². The molecule has 3 aliphatic heterocycles. The summed E-state index contributed by atoms with van der Waals surface area (Å²) in [7, 11) is 0. The number of allylic oxidation sites excluding steroid dienone is 1. The third-order valence-corrected chi connectivity index (χ3v) is 11.5. The van der Waals surface area contributed by atoms with Crippen molar-refractivity contribution in [2.75, 3.05) is 6.61 Å². The molecule has 3 aliphatic carbocycles. The third-order valence-electron chi connectivity index (χ3n) is 11.5. The molecule has 284 valence electrons. The Morgan fingerprint density at radius 2 is 1.74 bits per heavy atom. The summed E-state index contributed by atoms with van der Waals surface area (Å²) in [5.41, 5.74) is 0.620. The van der Waals surface area contributed by atoms with Gasteiger partial charge in [0.15, 0.2) is 11.8 Å². The Morgan fingerprint density at radius 3 is 2.40 bits per heavy atom. The van der Waals surface area contributed by atoms with Crippen LogP contribution in [0.15, 0.2) is 54.6 Å². The number of hydrogen-bond acceptors (Lipinski definition) is 11. The van der Waals surface area contributed by atoms with Crippen LogP contribution >= 0.6 is 0 Å². The van der Waals surface area contributed by atoms with Gasteiger partial charge >= 0.3 is 11.9 Å². The van der Waals surface area contributed by atoms with Crippen LogP contribution in [0.3, 0.4) is 0 Å². The third kappa shape index (κ3) is 6.89. The van der Waals surface area contributed by atoms with Gasteiger partial charge in [0.2, 0.25) is 5.91 Å². The van der Waals surface area contributed by atoms with Crippen LogP contribution < -0.4 is 5.32 Å². The van der Waals surface area contributed by atoms with Gasteiger partial charge in [0.25, 0.3) is 0 Å². The van der Waals surface area contributed by atoms with Crippen LogP contribution in [-0.4, -0.2) is 87.6 Å². The number of para-hydroxylation sites is 1. The number of ether oxygens (including phenoxy) is 4. The monoisotopic (exact) mass is 730 g/mol. The highest BCUT2D eigenvalue weighted by Gasteiger charge is 2.78. The van der Waals surface area contributed by atoms with E-state index in [1.165, 1.54) is 0 Å². The molecule has 3 heterocycles. The maximum Gasteiger partial charge on any atom is 0.327 e. The van der Waals surface area contributed by atoms with Crippen molar-refractivity contribution in [1.82, 2.24) is 10.4 Å². The molecule has 2 aromatic carbocycles. The molecule has 7 atom stereocenters. The Balaban J connectivity index is 1.04. The van der Waals surface area contributed by atoms with Crippen LogP contribution in [-0.2, 0) is 51.1 Å². The van der Waals surface area contributed by atoms with Crippen molar-refractivity contribution in [2.45, 2.75) is 127 Å². The highest BCUT2D eigenvalue weighted by atomic mass is 16.8. The number of fused-ring (bicyclic) bond motifs is 4. The van der Waals surface area contributed by atoms with Crippen molar-refractivity contribution in [3.63, 3.8) is 0 Å². The molecule has 3 saturated carbocycles. The van der Waals surface area contributed by atoms with E-state index in [1.807, 2.05) is 48.6 Å². The number of benzene rings is 2. The maximum absolute atomic E-state index is 14.7. The smallest absolute Gasteiger partial charge is 0.327 e. The molecule has 6 fully saturated rings. The van der Waals surface area contributed by atoms with Gasteiger partial charge in [0.1, 0.15) is 41.2 Å². The quantitative estimate of drug-likeness (QED) is 0.252. The Kier molecular flexibility index (Phi) is 9.42. The average molecular weight is 731 g/mol. The van der Waals surface area contributed by atoms with E-state index in [1.54, 1.807) is 38.0 Å². The molecule has 1 amide bonds. The standard InChI is InChI=1S/C41H50N2O10/c1-39(2,3)50-32(46)20-19-29(23-44)42-38(48)40-21-31-33-34(52-41(51-33,27-15-16-27)28-17-18-28)36(40)53-43(35(40)37(47)49-31)22-25-13-11-24(12-14-25)7-6-9-26-8-4-5-10-30(26)45/h4-8,10-14,27-29,31,33-36,44-45H,9,15-23H2,1-3H3,(H,42,48). The summed E-state index contributed by atoms with van der Waals surface area (Å²) in [6, 6.07) is 13.3. The first-order chi connectivity index (χ1) is 25.4. The van der Waals surface area contributed by atoms with E-state index in [0.717, 1.165) is 42.4 Å². The number of carbonyl (C=O) groups is 3. The fraction of sp³-hybridized carbons (Fsp3) is 0.585. The SMILES string of the molecule is CC(C)(C)OC(=O)CCC(CO)NC(=O)C12CC3OC(=O)C1N(Cc1ccc(C=CCc4ccccc4O)cc1)OC2C1OC(C2CC2)(C2CC2)OC31. The van der Waals surface area contributed by atoms with E-state index in [-0.39, 0.29) is 43.4 Å². The number of hydroxylamine groups is 2. The fourth-order valence-electron chi connectivity index (χ4n) is 8.80. The zero-order chi connectivity index (χ0) is 37.1. The van der Waals surface area contributed by atoms with Crippen molar-refractivity contribution >= 4 is 23.9 Å². The Morgan fingerprint density at radius 1 is 1.04 bits per heavy atom. The molecular weight excluding hydrogens is 680 g/mol. The molecule has 0 spiro atoms. The van der Waals surface area contributed by atoms with Gasteiger partial charge in [-0.3, -0.25) is 19.2 Å². The van der Waals surface area contributed by atoms with E-state index in [2.05, 4.69) is 5.32 Å².